The van der Waals surface area contributed by atoms with Gasteiger partial charge in [-0.25, -0.2) is 4.39 Å². The molecule has 2 aromatic carbocycles. The Kier molecular flexibility index (Phi) is 7.79. The maximum absolute atomic E-state index is 14.2. The Labute approximate surface area is 221 Å². The number of hydrogen-bond acceptors (Lipinski definition) is 5. The van der Waals surface area contributed by atoms with Crippen molar-refractivity contribution in [2.75, 3.05) is 19.7 Å². The second kappa shape index (κ2) is 11.4. The van der Waals surface area contributed by atoms with E-state index in [1.54, 1.807) is 18.2 Å². The quantitative estimate of drug-likeness (QED) is 0.450. The molecule has 2 amide bonds. The van der Waals surface area contributed by atoms with Crippen LogP contribution >= 0.6 is 0 Å². The third-order valence-corrected chi connectivity index (χ3v) is 7.07. The molecule has 1 saturated heterocycles. The number of furan rings is 1. The van der Waals surface area contributed by atoms with Gasteiger partial charge in [-0.15, -0.1) is 0 Å². The Morgan fingerprint density at radius 2 is 2.03 bits per heavy atom. The number of benzene rings is 2. The Hall–Kier alpha value is -3.65. The van der Waals surface area contributed by atoms with Gasteiger partial charge in [0.25, 0.3) is 5.91 Å². The molecule has 3 heterocycles. The fourth-order valence-corrected chi connectivity index (χ4v) is 5.12. The van der Waals surface area contributed by atoms with Crippen LogP contribution in [0.5, 0.6) is 5.75 Å². The summed E-state index contributed by atoms with van der Waals surface area (Å²) in [6, 6.07) is 15.2. The lowest BCUT2D eigenvalue weighted by atomic mass is 9.87. The Bertz CT molecular complexity index is 1300. The predicted molar refractivity (Wildman–Crippen MR) is 139 cm³/mol. The lowest BCUT2D eigenvalue weighted by molar-refractivity contribution is -0.136. The first-order valence-corrected chi connectivity index (χ1v) is 13.2. The van der Waals surface area contributed by atoms with Crippen LogP contribution in [0, 0.1) is 11.7 Å². The Balaban J connectivity index is 1.31. The van der Waals surface area contributed by atoms with Gasteiger partial charge in [0.15, 0.2) is 5.76 Å². The summed E-state index contributed by atoms with van der Waals surface area (Å²) < 4.78 is 31.4. The molecule has 0 radical (unpaired) electrons. The highest BCUT2D eigenvalue weighted by Crippen LogP contribution is 2.38. The van der Waals surface area contributed by atoms with E-state index >= 15 is 0 Å². The maximum atomic E-state index is 14.2. The van der Waals surface area contributed by atoms with Crippen molar-refractivity contribution in [1.82, 2.24) is 10.2 Å². The number of rotatable bonds is 8. The van der Waals surface area contributed by atoms with Gasteiger partial charge in [-0.05, 0) is 72.4 Å². The summed E-state index contributed by atoms with van der Waals surface area (Å²) in [5.41, 5.74) is 2.74. The number of fused-ring (bicyclic) bond motifs is 1. The molecule has 5 rings (SSSR count). The van der Waals surface area contributed by atoms with Crippen LogP contribution in [0.4, 0.5) is 4.39 Å². The van der Waals surface area contributed by atoms with E-state index in [-0.39, 0.29) is 42.0 Å². The number of hydrogen-bond donors (Lipinski definition) is 1. The first-order valence-electron chi connectivity index (χ1n) is 13.2. The second-order valence-corrected chi connectivity index (χ2v) is 10.2. The van der Waals surface area contributed by atoms with E-state index in [4.69, 9.17) is 13.9 Å². The van der Waals surface area contributed by atoms with E-state index in [0.29, 0.717) is 31.0 Å². The first kappa shape index (κ1) is 26.0. The average Bonchev–Trinajstić information content (AvgIpc) is 3.62. The number of carbonyl (C=O) groups excluding carboxylic acids is 2. The molecule has 0 aliphatic carbocycles. The van der Waals surface area contributed by atoms with Crippen LogP contribution < -0.4 is 10.1 Å². The van der Waals surface area contributed by atoms with Crippen molar-refractivity contribution in [2.45, 2.75) is 51.9 Å². The number of halogens is 1. The van der Waals surface area contributed by atoms with E-state index in [2.05, 4.69) is 5.32 Å². The third-order valence-electron chi connectivity index (χ3n) is 7.07. The average molecular weight is 521 g/mol. The molecule has 2 aliphatic rings. The summed E-state index contributed by atoms with van der Waals surface area (Å²) in [6.45, 7) is 5.65. The molecule has 7 nitrogen and oxygen atoms in total. The second-order valence-electron chi connectivity index (χ2n) is 10.2. The van der Waals surface area contributed by atoms with E-state index in [9.17, 15) is 14.0 Å². The zero-order chi connectivity index (χ0) is 26.6. The molecule has 200 valence electrons. The van der Waals surface area contributed by atoms with Gasteiger partial charge in [0.1, 0.15) is 23.9 Å². The largest absolute Gasteiger partial charge is 0.486 e. The maximum Gasteiger partial charge on any atom is 0.287 e. The highest BCUT2D eigenvalue weighted by atomic mass is 19.1. The topological polar surface area (TPSA) is 81.0 Å². The van der Waals surface area contributed by atoms with Crippen LogP contribution in [0.25, 0.3) is 0 Å². The molecule has 3 aromatic rings. The van der Waals surface area contributed by atoms with Crippen LogP contribution in [-0.4, -0.2) is 42.5 Å². The minimum atomic E-state index is -0.407. The summed E-state index contributed by atoms with van der Waals surface area (Å²) in [5.74, 6) is 0.565. The van der Waals surface area contributed by atoms with Gasteiger partial charge in [0, 0.05) is 25.6 Å². The molecule has 38 heavy (non-hydrogen) atoms. The van der Waals surface area contributed by atoms with Gasteiger partial charge in [0.2, 0.25) is 5.91 Å². The highest BCUT2D eigenvalue weighted by molar-refractivity contribution is 5.91. The molecular weight excluding hydrogens is 487 g/mol. The fraction of sp³-hybridized carbons (Fsp3) is 0.400. The Morgan fingerprint density at radius 3 is 2.79 bits per heavy atom. The van der Waals surface area contributed by atoms with Gasteiger partial charge in [0.05, 0.1) is 12.1 Å². The molecule has 1 N–H and O–H groups in total. The van der Waals surface area contributed by atoms with E-state index in [1.807, 2.05) is 43.0 Å². The number of carbonyl (C=O) groups is 2. The normalized spacial score (nSPS) is 18.9. The van der Waals surface area contributed by atoms with Gasteiger partial charge >= 0.3 is 0 Å². The SMILES string of the molecule is CC(C)C(=O)N1CCc2ccc(OCc3ccc(C(=O)NC[C@@H]4CCCO4)o3)cc2[C@@H]1c1cccc(F)c1. The number of ether oxygens (including phenoxy) is 2. The predicted octanol–water partition coefficient (Wildman–Crippen LogP) is 5.04. The first-order chi connectivity index (χ1) is 18.4. The van der Waals surface area contributed by atoms with Gasteiger partial charge in [-0.2, -0.15) is 0 Å². The molecule has 0 unspecified atom stereocenters. The van der Waals surface area contributed by atoms with Gasteiger partial charge in [-0.3, -0.25) is 9.59 Å². The van der Waals surface area contributed by atoms with Crippen molar-refractivity contribution >= 4 is 11.8 Å². The molecule has 1 aromatic heterocycles. The number of nitrogens with zero attached hydrogens (tertiary/aromatic N) is 1. The van der Waals surface area contributed by atoms with Gasteiger partial charge < -0.3 is 24.1 Å². The van der Waals surface area contributed by atoms with Crippen LogP contribution in [0.15, 0.2) is 59.0 Å². The summed E-state index contributed by atoms with van der Waals surface area (Å²) >= 11 is 0. The fourth-order valence-electron chi connectivity index (χ4n) is 5.12. The van der Waals surface area contributed by atoms with Crippen LogP contribution in [0.2, 0.25) is 0 Å². The standard InChI is InChI=1S/C30H33FN2O5/c1-19(2)30(35)33-13-12-20-8-9-23(16-26(20)28(33)21-5-3-6-22(31)15-21)37-18-25-10-11-27(38-25)29(34)32-17-24-7-4-14-36-24/h3,5-6,8-11,15-16,19,24,28H,4,7,12-14,17-18H2,1-2H3,(H,32,34)/t24-,28-/m0/s1. The van der Waals surface area contributed by atoms with Crippen LogP contribution in [-0.2, 0) is 22.6 Å². The summed E-state index contributed by atoms with van der Waals surface area (Å²) in [7, 11) is 0. The summed E-state index contributed by atoms with van der Waals surface area (Å²) in [5, 5.41) is 2.85. The zero-order valence-corrected chi connectivity index (χ0v) is 21.7. The number of nitrogens with one attached hydrogen (secondary N) is 1. The molecule has 1 fully saturated rings. The van der Waals surface area contributed by atoms with Gasteiger partial charge in [-0.1, -0.05) is 32.0 Å². The van der Waals surface area contributed by atoms with E-state index in [0.717, 1.165) is 36.1 Å². The lowest BCUT2D eigenvalue weighted by Crippen LogP contribution is -2.42. The Morgan fingerprint density at radius 1 is 1.16 bits per heavy atom. The molecular formula is C30H33FN2O5. The summed E-state index contributed by atoms with van der Waals surface area (Å²) in [6.07, 6.45) is 2.73. The molecule has 2 aliphatic heterocycles. The minimum Gasteiger partial charge on any atom is -0.486 e. The molecule has 0 spiro atoms. The third kappa shape index (κ3) is 5.75. The van der Waals surface area contributed by atoms with Crippen molar-refractivity contribution in [3.63, 3.8) is 0 Å². The van der Waals surface area contributed by atoms with Crippen molar-refractivity contribution < 1.29 is 27.9 Å². The molecule has 0 bridgehead atoms. The monoisotopic (exact) mass is 520 g/mol. The van der Waals surface area contributed by atoms with Crippen molar-refractivity contribution in [3.8, 4) is 5.75 Å². The molecule has 8 heteroatoms. The van der Waals surface area contributed by atoms with Crippen LogP contribution in [0.1, 0.15) is 65.7 Å². The minimum absolute atomic E-state index is 0.0251. The zero-order valence-electron chi connectivity index (χ0n) is 21.7. The number of amides is 2. The smallest absolute Gasteiger partial charge is 0.287 e. The summed E-state index contributed by atoms with van der Waals surface area (Å²) in [4.78, 5) is 27.4. The lowest BCUT2D eigenvalue weighted by Gasteiger charge is -2.39. The van der Waals surface area contributed by atoms with Crippen molar-refractivity contribution in [3.05, 3.63) is 88.6 Å². The molecule has 2 atom stereocenters. The van der Waals surface area contributed by atoms with E-state index in [1.165, 1.54) is 12.1 Å². The van der Waals surface area contributed by atoms with E-state index < -0.39 is 6.04 Å². The molecule has 0 saturated carbocycles. The van der Waals surface area contributed by atoms with Crippen LogP contribution in [0.3, 0.4) is 0 Å². The van der Waals surface area contributed by atoms with Crippen molar-refractivity contribution in [1.29, 1.82) is 0 Å². The van der Waals surface area contributed by atoms with Crippen molar-refractivity contribution in [2.24, 2.45) is 5.92 Å². The highest BCUT2D eigenvalue weighted by Gasteiger charge is 2.33.